The maximum absolute atomic E-state index is 14.0. The molecule has 0 radical (unpaired) electrons. The lowest BCUT2D eigenvalue weighted by atomic mass is 9.77. The van der Waals surface area contributed by atoms with Gasteiger partial charge < -0.3 is 24.0 Å². The van der Waals surface area contributed by atoms with E-state index in [1.807, 2.05) is 29.2 Å². The Bertz CT molecular complexity index is 1010. The third-order valence-electron chi connectivity index (χ3n) is 7.09. The summed E-state index contributed by atoms with van der Waals surface area (Å²) >= 11 is 0. The van der Waals surface area contributed by atoms with Crippen LogP contribution in [0.4, 0.5) is 5.69 Å². The molecule has 2 aromatic carbocycles. The Labute approximate surface area is 176 Å². The zero-order valence-corrected chi connectivity index (χ0v) is 17.2. The van der Waals surface area contributed by atoms with Crippen LogP contribution < -0.4 is 19.1 Å². The van der Waals surface area contributed by atoms with E-state index in [9.17, 15) is 4.79 Å². The average molecular weight is 406 g/mol. The van der Waals surface area contributed by atoms with Crippen molar-refractivity contribution in [1.82, 2.24) is 4.90 Å². The number of anilines is 1. The van der Waals surface area contributed by atoms with E-state index in [1.165, 1.54) is 0 Å². The first-order valence-electron chi connectivity index (χ1n) is 10.8. The molecule has 1 fully saturated rings. The highest BCUT2D eigenvalue weighted by Crippen LogP contribution is 2.54. The van der Waals surface area contributed by atoms with Gasteiger partial charge in [-0.3, -0.25) is 4.79 Å². The third-order valence-corrected chi connectivity index (χ3v) is 7.09. The first-order valence-corrected chi connectivity index (χ1v) is 10.8. The van der Waals surface area contributed by atoms with Crippen LogP contribution in [0.5, 0.6) is 17.2 Å². The van der Waals surface area contributed by atoms with Crippen LogP contribution in [0.2, 0.25) is 0 Å². The zero-order valence-electron chi connectivity index (χ0n) is 17.2. The van der Waals surface area contributed by atoms with Crippen molar-refractivity contribution >= 4 is 11.6 Å². The Morgan fingerprint density at radius 1 is 0.967 bits per heavy atom. The van der Waals surface area contributed by atoms with Gasteiger partial charge in [-0.15, -0.1) is 0 Å². The molecule has 2 aromatic rings. The van der Waals surface area contributed by atoms with Gasteiger partial charge in [0.15, 0.2) is 11.5 Å². The van der Waals surface area contributed by atoms with Crippen LogP contribution in [-0.4, -0.2) is 57.3 Å². The number of amides is 1. The number of hydrogen-bond donors (Lipinski definition) is 0. The molecule has 6 heteroatoms. The van der Waals surface area contributed by atoms with Gasteiger partial charge in [-0.2, -0.15) is 0 Å². The fourth-order valence-corrected chi connectivity index (χ4v) is 5.40. The third kappa shape index (κ3) is 2.49. The number of hydrogen-bond acceptors (Lipinski definition) is 5. The molecule has 0 aromatic heterocycles. The van der Waals surface area contributed by atoms with Gasteiger partial charge in [0.1, 0.15) is 31.0 Å². The van der Waals surface area contributed by atoms with Crippen molar-refractivity contribution < 1.29 is 19.0 Å². The van der Waals surface area contributed by atoms with Crippen molar-refractivity contribution in [3.63, 3.8) is 0 Å². The van der Waals surface area contributed by atoms with E-state index in [1.54, 1.807) is 0 Å². The molecule has 30 heavy (non-hydrogen) atoms. The molecule has 6 rings (SSSR count). The topological polar surface area (TPSA) is 51.2 Å². The highest BCUT2D eigenvalue weighted by atomic mass is 16.6. The molecule has 1 atom stereocenters. The Morgan fingerprint density at radius 2 is 1.70 bits per heavy atom. The second-order valence-corrected chi connectivity index (χ2v) is 8.87. The van der Waals surface area contributed by atoms with Gasteiger partial charge in [0.05, 0.1) is 0 Å². The van der Waals surface area contributed by atoms with Crippen molar-refractivity contribution in [3.8, 4) is 17.2 Å². The SMILES string of the molecule is CN1CCC(CN2C(=O)C3(COc4cc5c(cc43)OCCO5)c3ccccc32)CC1. The highest BCUT2D eigenvalue weighted by molar-refractivity contribution is 6.11. The Kier molecular flexibility index (Phi) is 4.00. The monoisotopic (exact) mass is 406 g/mol. The zero-order chi connectivity index (χ0) is 20.3. The molecule has 0 saturated carbocycles. The predicted octanol–water partition coefficient (Wildman–Crippen LogP) is 2.82. The number of carbonyl (C=O) groups is 1. The summed E-state index contributed by atoms with van der Waals surface area (Å²) in [6.45, 7) is 4.33. The van der Waals surface area contributed by atoms with E-state index >= 15 is 0 Å². The van der Waals surface area contributed by atoms with Gasteiger partial charge in [-0.25, -0.2) is 0 Å². The summed E-state index contributed by atoms with van der Waals surface area (Å²) in [5, 5.41) is 0. The number of carbonyl (C=O) groups excluding carboxylic acids is 1. The predicted molar refractivity (Wildman–Crippen MR) is 113 cm³/mol. The fourth-order valence-electron chi connectivity index (χ4n) is 5.40. The first-order chi connectivity index (χ1) is 14.7. The molecular formula is C24H26N2O4. The molecule has 6 nitrogen and oxygen atoms in total. The van der Waals surface area contributed by atoms with Gasteiger partial charge in [0.2, 0.25) is 5.91 Å². The lowest BCUT2D eigenvalue weighted by Crippen LogP contribution is -2.45. The van der Waals surface area contributed by atoms with Crippen molar-refractivity contribution in [3.05, 3.63) is 47.5 Å². The highest BCUT2D eigenvalue weighted by Gasteiger charge is 2.57. The summed E-state index contributed by atoms with van der Waals surface area (Å²) in [5.41, 5.74) is 2.16. The minimum atomic E-state index is -0.798. The number of fused-ring (bicyclic) bond motifs is 5. The Morgan fingerprint density at radius 3 is 2.50 bits per heavy atom. The van der Waals surface area contributed by atoms with Crippen LogP contribution in [0.1, 0.15) is 24.0 Å². The molecule has 156 valence electrons. The molecule has 4 aliphatic heterocycles. The summed E-state index contributed by atoms with van der Waals surface area (Å²) in [6, 6.07) is 12.0. The largest absolute Gasteiger partial charge is 0.491 e. The van der Waals surface area contributed by atoms with Gasteiger partial charge in [0, 0.05) is 23.9 Å². The van der Waals surface area contributed by atoms with E-state index in [0.29, 0.717) is 37.2 Å². The summed E-state index contributed by atoms with van der Waals surface area (Å²) in [6.07, 6.45) is 2.25. The molecule has 4 heterocycles. The Balaban J connectivity index is 1.42. The fraction of sp³-hybridized carbons (Fsp3) is 0.458. The van der Waals surface area contributed by atoms with Gasteiger partial charge in [0.25, 0.3) is 0 Å². The molecular weight excluding hydrogens is 380 g/mol. The Hall–Kier alpha value is -2.73. The number of rotatable bonds is 2. The minimum absolute atomic E-state index is 0.123. The van der Waals surface area contributed by atoms with Crippen LogP contribution in [-0.2, 0) is 10.2 Å². The molecule has 1 spiro atoms. The van der Waals surface area contributed by atoms with Gasteiger partial charge >= 0.3 is 0 Å². The van der Waals surface area contributed by atoms with E-state index in [0.717, 1.165) is 55.0 Å². The summed E-state index contributed by atoms with van der Waals surface area (Å²) in [4.78, 5) is 18.4. The average Bonchev–Trinajstić information content (AvgIpc) is 3.26. The standard InChI is InChI=1S/C24H26N2O4/c1-25-8-6-16(7-9-25)14-26-19-5-3-2-4-17(19)24(23(26)27)15-30-20-13-22-21(12-18(20)24)28-10-11-29-22/h2-5,12-13,16H,6-11,14-15H2,1H3. The maximum atomic E-state index is 14.0. The second kappa shape index (κ2) is 6.64. The number of piperidine rings is 1. The lowest BCUT2D eigenvalue weighted by Gasteiger charge is -2.32. The van der Waals surface area contributed by atoms with E-state index in [2.05, 4.69) is 24.1 Å². The number of likely N-dealkylation sites (tertiary alicyclic amines) is 1. The molecule has 1 unspecified atom stereocenters. The lowest BCUT2D eigenvalue weighted by molar-refractivity contribution is -0.122. The van der Waals surface area contributed by atoms with Gasteiger partial charge in [-0.1, -0.05) is 18.2 Å². The maximum Gasteiger partial charge on any atom is 0.245 e. The number of ether oxygens (including phenoxy) is 3. The summed E-state index contributed by atoms with van der Waals surface area (Å²) < 4.78 is 17.6. The molecule has 4 aliphatic rings. The smallest absolute Gasteiger partial charge is 0.245 e. The molecule has 1 amide bonds. The van der Waals surface area contributed by atoms with Crippen LogP contribution >= 0.6 is 0 Å². The quantitative estimate of drug-likeness (QED) is 0.768. The van der Waals surface area contributed by atoms with Crippen LogP contribution in [0.25, 0.3) is 0 Å². The van der Waals surface area contributed by atoms with Crippen LogP contribution in [0.15, 0.2) is 36.4 Å². The van der Waals surface area contributed by atoms with Crippen molar-refractivity contribution in [1.29, 1.82) is 0 Å². The van der Waals surface area contributed by atoms with Gasteiger partial charge in [-0.05, 0) is 56.6 Å². The summed E-state index contributed by atoms with van der Waals surface area (Å²) in [7, 11) is 2.17. The summed E-state index contributed by atoms with van der Waals surface area (Å²) in [5.74, 6) is 2.76. The van der Waals surface area contributed by atoms with E-state index in [-0.39, 0.29) is 5.91 Å². The van der Waals surface area contributed by atoms with E-state index < -0.39 is 5.41 Å². The van der Waals surface area contributed by atoms with Crippen LogP contribution in [0, 0.1) is 5.92 Å². The number of nitrogens with zero attached hydrogens (tertiary/aromatic N) is 2. The van der Waals surface area contributed by atoms with Crippen molar-refractivity contribution in [2.45, 2.75) is 18.3 Å². The number of benzene rings is 2. The van der Waals surface area contributed by atoms with E-state index in [4.69, 9.17) is 14.2 Å². The molecule has 0 aliphatic carbocycles. The minimum Gasteiger partial charge on any atom is -0.491 e. The van der Waals surface area contributed by atoms with Crippen molar-refractivity contribution in [2.75, 3.05) is 51.4 Å². The second-order valence-electron chi connectivity index (χ2n) is 8.87. The van der Waals surface area contributed by atoms with Crippen molar-refractivity contribution in [2.24, 2.45) is 5.92 Å². The first kappa shape index (κ1) is 18.1. The normalized spacial score (nSPS) is 25.4. The van der Waals surface area contributed by atoms with Crippen LogP contribution in [0.3, 0.4) is 0 Å². The number of para-hydroxylation sites is 1. The molecule has 0 bridgehead atoms. The molecule has 0 N–H and O–H groups in total. The molecule has 1 saturated heterocycles.